The Morgan fingerprint density at radius 1 is 1.21 bits per heavy atom. The first-order chi connectivity index (χ1) is 13.5. The molecule has 1 unspecified atom stereocenters. The van der Waals surface area contributed by atoms with Gasteiger partial charge in [0.05, 0.1) is 0 Å². The Labute approximate surface area is 174 Å². The molecular formula is C20H17BrN4O2S. The number of aromatic nitrogens is 2. The van der Waals surface area contributed by atoms with E-state index in [0.717, 1.165) is 20.7 Å². The highest BCUT2D eigenvalue weighted by molar-refractivity contribution is 9.10. The fourth-order valence-electron chi connectivity index (χ4n) is 3.17. The van der Waals surface area contributed by atoms with Crippen molar-refractivity contribution >= 4 is 49.9 Å². The van der Waals surface area contributed by atoms with Crippen LogP contribution >= 0.6 is 27.3 Å². The fraction of sp³-hybridized carbons (Fsp3) is 0.200. The SMILES string of the molecule is Cc1cccc(N2CC(c3nnc(NC(=O)c4cccc(Br)c4)s3)CC2=O)c1. The third-order valence-electron chi connectivity index (χ3n) is 4.54. The van der Waals surface area contributed by atoms with Crippen LogP contribution in [0.1, 0.15) is 33.3 Å². The van der Waals surface area contributed by atoms with E-state index in [1.54, 1.807) is 23.1 Å². The van der Waals surface area contributed by atoms with Gasteiger partial charge < -0.3 is 4.90 Å². The van der Waals surface area contributed by atoms with Gasteiger partial charge in [-0.05, 0) is 42.8 Å². The Morgan fingerprint density at radius 3 is 2.82 bits per heavy atom. The standard InChI is InChI=1S/C20H17BrN4O2S/c1-12-4-2-7-16(8-12)25-11-14(10-17(25)26)19-23-24-20(28-19)22-18(27)13-5-3-6-15(21)9-13/h2-9,14H,10-11H2,1H3,(H,22,24,27). The van der Waals surface area contributed by atoms with Gasteiger partial charge in [-0.2, -0.15) is 0 Å². The van der Waals surface area contributed by atoms with Crippen LogP contribution in [0.4, 0.5) is 10.8 Å². The summed E-state index contributed by atoms with van der Waals surface area (Å²) in [6, 6.07) is 15.0. The molecule has 142 valence electrons. The Kier molecular flexibility index (Phi) is 5.23. The normalized spacial score (nSPS) is 16.4. The molecule has 1 aliphatic heterocycles. The summed E-state index contributed by atoms with van der Waals surface area (Å²) in [6.07, 6.45) is 0.391. The van der Waals surface area contributed by atoms with E-state index >= 15 is 0 Å². The smallest absolute Gasteiger partial charge is 0.257 e. The molecule has 1 aliphatic rings. The molecule has 6 nitrogen and oxygen atoms in total. The summed E-state index contributed by atoms with van der Waals surface area (Å²) < 4.78 is 0.832. The third kappa shape index (κ3) is 3.98. The molecule has 8 heteroatoms. The zero-order valence-electron chi connectivity index (χ0n) is 15.1. The Hall–Kier alpha value is -2.58. The number of benzene rings is 2. The summed E-state index contributed by atoms with van der Waals surface area (Å²) in [5.74, 6) is -0.194. The number of aryl methyl sites for hydroxylation is 1. The van der Waals surface area contributed by atoms with E-state index in [1.165, 1.54) is 11.3 Å². The number of halogens is 1. The van der Waals surface area contributed by atoms with Crippen molar-refractivity contribution in [3.05, 3.63) is 69.1 Å². The molecule has 4 rings (SSSR count). The van der Waals surface area contributed by atoms with Crippen LogP contribution in [-0.2, 0) is 4.79 Å². The number of carbonyl (C=O) groups excluding carboxylic acids is 2. The van der Waals surface area contributed by atoms with Gasteiger partial charge in [0, 0.05) is 34.6 Å². The maximum absolute atomic E-state index is 12.5. The van der Waals surface area contributed by atoms with Crippen molar-refractivity contribution in [2.24, 2.45) is 0 Å². The highest BCUT2D eigenvalue weighted by Gasteiger charge is 2.34. The van der Waals surface area contributed by atoms with Gasteiger partial charge in [-0.25, -0.2) is 0 Å². The zero-order chi connectivity index (χ0) is 19.7. The van der Waals surface area contributed by atoms with E-state index in [4.69, 9.17) is 0 Å². The minimum absolute atomic E-state index is 0.0259. The van der Waals surface area contributed by atoms with Gasteiger partial charge in [-0.3, -0.25) is 14.9 Å². The summed E-state index contributed by atoms with van der Waals surface area (Å²) in [5.41, 5.74) is 2.55. The number of rotatable bonds is 4. The quantitative estimate of drug-likeness (QED) is 0.631. The Bertz CT molecular complexity index is 1050. The van der Waals surface area contributed by atoms with E-state index in [9.17, 15) is 9.59 Å². The molecule has 2 aromatic carbocycles. The summed E-state index contributed by atoms with van der Waals surface area (Å²) in [7, 11) is 0. The molecule has 1 atom stereocenters. The summed E-state index contributed by atoms with van der Waals surface area (Å²) in [4.78, 5) is 26.6. The molecule has 1 saturated heterocycles. The van der Waals surface area contributed by atoms with Crippen molar-refractivity contribution in [1.29, 1.82) is 0 Å². The number of nitrogens with one attached hydrogen (secondary N) is 1. The molecule has 1 N–H and O–H groups in total. The van der Waals surface area contributed by atoms with Crippen LogP contribution in [-0.4, -0.2) is 28.6 Å². The van der Waals surface area contributed by atoms with Gasteiger partial charge >= 0.3 is 0 Å². The van der Waals surface area contributed by atoms with Gasteiger partial charge in [0.2, 0.25) is 11.0 Å². The van der Waals surface area contributed by atoms with Crippen molar-refractivity contribution in [2.75, 3.05) is 16.8 Å². The second kappa shape index (κ2) is 7.81. The van der Waals surface area contributed by atoms with Gasteiger partial charge in [0.1, 0.15) is 5.01 Å². The highest BCUT2D eigenvalue weighted by atomic mass is 79.9. The van der Waals surface area contributed by atoms with Gasteiger partial charge in [0.15, 0.2) is 0 Å². The molecular weight excluding hydrogens is 440 g/mol. The van der Waals surface area contributed by atoms with Crippen LogP contribution in [0, 0.1) is 6.92 Å². The molecule has 0 spiro atoms. The Balaban J connectivity index is 1.46. The van der Waals surface area contributed by atoms with Crippen molar-refractivity contribution in [2.45, 2.75) is 19.3 Å². The van der Waals surface area contributed by atoms with Crippen molar-refractivity contribution in [3.63, 3.8) is 0 Å². The van der Waals surface area contributed by atoms with Crippen LogP contribution in [0.5, 0.6) is 0 Å². The third-order valence-corrected chi connectivity index (χ3v) is 6.03. The average molecular weight is 457 g/mol. The van der Waals surface area contributed by atoms with E-state index in [2.05, 4.69) is 31.4 Å². The molecule has 2 heterocycles. The second-order valence-corrected chi connectivity index (χ2v) is 8.58. The zero-order valence-corrected chi connectivity index (χ0v) is 17.5. The minimum atomic E-state index is -0.243. The molecule has 2 amide bonds. The van der Waals surface area contributed by atoms with Gasteiger partial charge in [-0.15, -0.1) is 10.2 Å². The first kappa shape index (κ1) is 18.8. The average Bonchev–Trinajstić information content (AvgIpc) is 3.28. The highest BCUT2D eigenvalue weighted by Crippen LogP contribution is 2.34. The van der Waals surface area contributed by atoms with Crippen molar-refractivity contribution in [3.8, 4) is 0 Å². The van der Waals surface area contributed by atoms with Crippen LogP contribution in [0.15, 0.2) is 53.0 Å². The lowest BCUT2D eigenvalue weighted by molar-refractivity contribution is -0.117. The van der Waals surface area contributed by atoms with E-state index in [0.29, 0.717) is 23.7 Å². The molecule has 28 heavy (non-hydrogen) atoms. The van der Waals surface area contributed by atoms with Crippen LogP contribution < -0.4 is 10.2 Å². The molecule has 1 aromatic heterocycles. The fourth-order valence-corrected chi connectivity index (χ4v) is 4.40. The molecule has 0 radical (unpaired) electrons. The topological polar surface area (TPSA) is 75.2 Å². The summed E-state index contributed by atoms with van der Waals surface area (Å²) >= 11 is 4.67. The van der Waals surface area contributed by atoms with E-state index in [-0.39, 0.29) is 17.7 Å². The maximum Gasteiger partial charge on any atom is 0.257 e. The van der Waals surface area contributed by atoms with Crippen molar-refractivity contribution in [1.82, 2.24) is 10.2 Å². The van der Waals surface area contributed by atoms with Gasteiger partial charge in [0.25, 0.3) is 5.91 Å². The molecule has 0 bridgehead atoms. The number of hydrogen-bond acceptors (Lipinski definition) is 5. The van der Waals surface area contributed by atoms with E-state index < -0.39 is 0 Å². The van der Waals surface area contributed by atoms with Crippen LogP contribution in [0.25, 0.3) is 0 Å². The first-order valence-electron chi connectivity index (χ1n) is 8.77. The number of nitrogens with zero attached hydrogens (tertiary/aromatic N) is 3. The van der Waals surface area contributed by atoms with E-state index in [1.807, 2.05) is 37.3 Å². The minimum Gasteiger partial charge on any atom is -0.312 e. The largest absolute Gasteiger partial charge is 0.312 e. The second-order valence-electron chi connectivity index (χ2n) is 6.65. The number of carbonyl (C=O) groups is 2. The first-order valence-corrected chi connectivity index (χ1v) is 10.4. The lowest BCUT2D eigenvalue weighted by atomic mass is 10.1. The van der Waals surface area contributed by atoms with Crippen LogP contribution in [0.2, 0.25) is 0 Å². The molecule has 1 fully saturated rings. The van der Waals surface area contributed by atoms with Gasteiger partial charge in [-0.1, -0.05) is 45.5 Å². The van der Waals surface area contributed by atoms with Crippen LogP contribution in [0.3, 0.4) is 0 Å². The Morgan fingerprint density at radius 2 is 2.04 bits per heavy atom. The number of anilines is 2. The number of hydrogen-bond donors (Lipinski definition) is 1. The lowest BCUT2D eigenvalue weighted by Gasteiger charge is -2.16. The monoisotopic (exact) mass is 456 g/mol. The predicted molar refractivity (Wildman–Crippen MR) is 113 cm³/mol. The molecule has 3 aromatic rings. The summed E-state index contributed by atoms with van der Waals surface area (Å²) in [5, 5.41) is 12.3. The summed E-state index contributed by atoms with van der Waals surface area (Å²) in [6.45, 7) is 2.57. The number of amides is 2. The van der Waals surface area contributed by atoms with Crippen molar-refractivity contribution < 1.29 is 9.59 Å². The molecule has 0 aliphatic carbocycles. The molecule has 0 saturated carbocycles. The maximum atomic E-state index is 12.5. The predicted octanol–water partition coefficient (Wildman–Crippen LogP) is 4.38. The lowest BCUT2D eigenvalue weighted by Crippen LogP contribution is -2.24.